The van der Waals surface area contributed by atoms with Crippen LogP contribution in [0.2, 0.25) is 0 Å². The molecule has 1 saturated heterocycles. The van der Waals surface area contributed by atoms with E-state index >= 15 is 0 Å². The molecule has 2 heterocycles. The summed E-state index contributed by atoms with van der Waals surface area (Å²) < 4.78 is 10.5. The van der Waals surface area contributed by atoms with Crippen LogP contribution in [0.25, 0.3) is 22.6 Å². The maximum absolute atomic E-state index is 13.8. The summed E-state index contributed by atoms with van der Waals surface area (Å²) in [6, 6.07) is 15.4. The molecule has 1 aliphatic rings. The Morgan fingerprint density at radius 2 is 1.53 bits per heavy atom. The van der Waals surface area contributed by atoms with Crippen molar-refractivity contribution in [2.45, 2.75) is 52.2 Å². The smallest absolute Gasteiger partial charge is 0.409 e. The molecule has 1 fully saturated rings. The molecule has 4 rings (SSSR count). The van der Waals surface area contributed by atoms with E-state index in [0.29, 0.717) is 16.8 Å². The highest BCUT2D eigenvalue weighted by atomic mass is 16.6. The fraction of sp³-hybridized carbons (Fsp3) is 0.382. The summed E-state index contributed by atoms with van der Waals surface area (Å²) >= 11 is 0. The molecule has 2 N–H and O–H groups in total. The lowest BCUT2D eigenvalue weighted by Crippen LogP contribution is -2.56. The molecule has 248 valence electrons. The Labute approximate surface area is 272 Å². The fourth-order valence-corrected chi connectivity index (χ4v) is 4.90. The normalized spacial score (nSPS) is 13.8. The van der Waals surface area contributed by atoms with Gasteiger partial charge in [-0.2, -0.15) is 0 Å². The zero-order chi connectivity index (χ0) is 34.1. The molecule has 0 spiro atoms. The van der Waals surface area contributed by atoms with E-state index in [4.69, 9.17) is 9.47 Å². The fourth-order valence-electron chi connectivity index (χ4n) is 4.90. The average Bonchev–Trinajstić information content (AvgIpc) is 3.05. The molecule has 2 aromatic carbocycles. The molecule has 13 heteroatoms. The van der Waals surface area contributed by atoms with Crippen molar-refractivity contribution < 1.29 is 38.6 Å². The number of piperazine rings is 1. The zero-order valence-corrected chi connectivity index (χ0v) is 26.9. The van der Waals surface area contributed by atoms with Gasteiger partial charge in [0.2, 0.25) is 5.91 Å². The van der Waals surface area contributed by atoms with Gasteiger partial charge in [0.1, 0.15) is 17.3 Å². The topological polar surface area (TPSA) is 168 Å². The minimum absolute atomic E-state index is 0.0293. The Morgan fingerprint density at radius 3 is 2.13 bits per heavy atom. The Morgan fingerprint density at radius 1 is 0.894 bits per heavy atom. The van der Waals surface area contributed by atoms with Gasteiger partial charge < -0.3 is 29.7 Å². The number of carbonyl (C=O) groups excluding carboxylic acids is 4. The van der Waals surface area contributed by atoms with E-state index < -0.39 is 41.5 Å². The highest BCUT2D eigenvalue weighted by Gasteiger charge is 2.32. The lowest BCUT2D eigenvalue weighted by molar-refractivity contribution is -0.155. The third-order valence-corrected chi connectivity index (χ3v) is 7.20. The third-order valence-electron chi connectivity index (χ3n) is 7.20. The Balaban J connectivity index is 1.61. The molecule has 3 amide bonds. The highest BCUT2D eigenvalue weighted by Crippen LogP contribution is 2.24. The third kappa shape index (κ3) is 9.58. The largest absolute Gasteiger partial charge is 0.478 e. The number of esters is 1. The summed E-state index contributed by atoms with van der Waals surface area (Å²) in [5.41, 5.74) is 0.907. The number of aromatic nitrogens is 2. The van der Waals surface area contributed by atoms with Crippen molar-refractivity contribution in [1.29, 1.82) is 0 Å². The molecular formula is C34H39N5O8. The van der Waals surface area contributed by atoms with Crippen LogP contribution in [-0.2, 0) is 19.1 Å². The van der Waals surface area contributed by atoms with Crippen molar-refractivity contribution in [1.82, 2.24) is 25.1 Å². The van der Waals surface area contributed by atoms with Crippen molar-refractivity contribution in [3.05, 3.63) is 71.9 Å². The summed E-state index contributed by atoms with van der Waals surface area (Å²) in [4.78, 5) is 75.9. The van der Waals surface area contributed by atoms with E-state index in [1.165, 1.54) is 23.1 Å². The second kappa shape index (κ2) is 15.3. The summed E-state index contributed by atoms with van der Waals surface area (Å²) in [6.45, 7) is 8.13. The second-order valence-corrected chi connectivity index (χ2v) is 11.9. The summed E-state index contributed by atoms with van der Waals surface area (Å²) in [5, 5.41) is 12.1. The monoisotopic (exact) mass is 645 g/mol. The molecule has 0 aliphatic carbocycles. The minimum atomic E-state index is -1.10. The van der Waals surface area contributed by atoms with Crippen LogP contribution >= 0.6 is 0 Å². The van der Waals surface area contributed by atoms with Crippen LogP contribution in [0.15, 0.2) is 60.7 Å². The highest BCUT2D eigenvalue weighted by molar-refractivity contribution is 5.97. The van der Waals surface area contributed by atoms with Crippen LogP contribution in [0, 0.1) is 0 Å². The quantitative estimate of drug-likeness (QED) is 0.307. The first kappa shape index (κ1) is 34.5. The average molecular weight is 646 g/mol. The van der Waals surface area contributed by atoms with Gasteiger partial charge in [-0.1, -0.05) is 42.5 Å². The SMILES string of the molecule is CCOC(=O)N1CCN(C(=O)[C@H](CCC(=O)OC(C)(C)C)NC(=O)c2cc(-c3ccc(C(=O)O)cc3)nc(-c3ccccc3)n2)CC1. The maximum Gasteiger partial charge on any atom is 0.409 e. The van der Waals surface area contributed by atoms with Crippen molar-refractivity contribution in [3.8, 4) is 22.6 Å². The summed E-state index contributed by atoms with van der Waals surface area (Å²) in [7, 11) is 0. The van der Waals surface area contributed by atoms with E-state index in [0.717, 1.165) is 0 Å². The van der Waals surface area contributed by atoms with Crippen LogP contribution in [0.1, 0.15) is 61.4 Å². The first-order chi connectivity index (χ1) is 22.3. The molecule has 1 aromatic heterocycles. The molecule has 1 aliphatic heterocycles. The molecule has 0 unspecified atom stereocenters. The number of rotatable bonds is 10. The number of amides is 3. The first-order valence-electron chi connectivity index (χ1n) is 15.4. The van der Waals surface area contributed by atoms with Gasteiger partial charge >= 0.3 is 18.0 Å². The zero-order valence-electron chi connectivity index (χ0n) is 26.9. The molecule has 47 heavy (non-hydrogen) atoms. The number of nitrogens with zero attached hydrogens (tertiary/aromatic N) is 4. The van der Waals surface area contributed by atoms with Gasteiger partial charge in [0, 0.05) is 43.7 Å². The molecular weight excluding hydrogens is 606 g/mol. The van der Waals surface area contributed by atoms with Gasteiger partial charge in [-0.15, -0.1) is 0 Å². The standard InChI is InChI=1S/C34H39N5O8/c1-5-46-33(45)39-19-17-38(18-20-39)31(42)25(15-16-28(40)47-34(2,3)4)37-30(41)27-21-26(22-11-13-24(14-12-22)32(43)44)35-29(36-27)23-9-7-6-8-10-23/h6-14,21,25H,5,15-20H2,1-4H3,(H,37,41)(H,43,44)/t25-/m0/s1. The number of carbonyl (C=O) groups is 5. The van der Waals surface area contributed by atoms with Gasteiger partial charge in [0.15, 0.2) is 5.82 Å². The van der Waals surface area contributed by atoms with Crippen molar-refractivity contribution in [2.24, 2.45) is 0 Å². The number of benzene rings is 2. The molecule has 13 nitrogen and oxygen atoms in total. The number of carboxylic acids is 1. The molecule has 0 radical (unpaired) electrons. The number of aromatic carboxylic acids is 1. The van der Waals surface area contributed by atoms with Crippen LogP contribution in [0.5, 0.6) is 0 Å². The maximum atomic E-state index is 13.8. The molecule has 3 aromatic rings. The molecule has 0 saturated carbocycles. The predicted molar refractivity (Wildman–Crippen MR) is 171 cm³/mol. The van der Waals surface area contributed by atoms with E-state index in [9.17, 15) is 29.1 Å². The van der Waals surface area contributed by atoms with Crippen molar-refractivity contribution in [2.75, 3.05) is 32.8 Å². The molecule has 1 atom stereocenters. The predicted octanol–water partition coefficient (Wildman–Crippen LogP) is 4.03. The van der Waals surface area contributed by atoms with Crippen LogP contribution in [0.3, 0.4) is 0 Å². The second-order valence-electron chi connectivity index (χ2n) is 11.9. The lowest BCUT2D eigenvalue weighted by Gasteiger charge is -2.36. The summed E-state index contributed by atoms with van der Waals surface area (Å²) in [5.74, 6) is -2.42. The molecule has 0 bridgehead atoms. The summed E-state index contributed by atoms with van der Waals surface area (Å²) in [6.07, 6.45) is -0.616. The number of ether oxygens (including phenoxy) is 2. The van der Waals surface area contributed by atoms with E-state index in [1.807, 2.05) is 6.07 Å². The van der Waals surface area contributed by atoms with Gasteiger partial charge in [0.05, 0.1) is 17.9 Å². The van der Waals surface area contributed by atoms with E-state index in [-0.39, 0.29) is 62.7 Å². The van der Waals surface area contributed by atoms with Crippen molar-refractivity contribution >= 4 is 29.8 Å². The Kier molecular flexibility index (Phi) is 11.2. The van der Waals surface area contributed by atoms with E-state index in [1.54, 1.807) is 69.0 Å². The van der Waals surface area contributed by atoms with Crippen LogP contribution in [-0.4, -0.2) is 99.1 Å². The lowest BCUT2D eigenvalue weighted by atomic mass is 10.1. The number of hydrogen-bond donors (Lipinski definition) is 2. The van der Waals surface area contributed by atoms with Gasteiger partial charge in [-0.3, -0.25) is 14.4 Å². The van der Waals surface area contributed by atoms with Gasteiger partial charge in [0.25, 0.3) is 5.91 Å². The first-order valence-corrected chi connectivity index (χ1v) is 15.4. The number of carboxylic acid groups (broad SMARTS) is 1. The minimum Gasteiger partial charge on any atom is -0.478 e. The van der Waals surface area contributed by atoms with Crippen molar-refractivity contribution in [3.63, 3.8) is 0 Å². The number of hydrogen-bond acceptors (Lipinski definition) is 9. The number of nitrogens with one attached hydrogen (secondary N) is 1. The Bertz CT molecular complexity index is 1600. The van der Waals surface area contributed by atoms with E-state index in [2.05, 4.69) is 15.3 Å². The van der Waals surface area contributed by atoms with Gasteiger partial charge in [-0.25, -0.2) is 19.6 Å². The van der Waals surface area contributed by atoms with Crippen LogP contribution in [0.4, 0.5) is 4.79 Å². The van der Waals surface area contributed by atoms with Crippen LogP contribution < -0.4 is 5.32 Å². The Hall–Kier alpha value is -5.33. The van der Waals surface area contributed by atoms with Gasteiger partial charge in [-0.05, 0) is 52.3 Å².